The predicted octanol–water partition coefficient (Wildman–Crippen LogP) is 3.27. The van der Waals surface area contributed by atoms with Gasteiger partial charge in [-0.15, -0.1) is 0 Å². The van der Waals surface area contributed by atoms with E-state index in [0.29, 0.717) is 29.9 Å². The van der Waals surface area contributed by atoms with Crippen molar-refractivity contribution in [2.75, 3.05) is 6.61 Å². The van der Waals surface area contributed by atoms with Gasteiger partial charge in [-0.05, 0) is 48.1 Å². The summed E-state index contributed by atoms with van der Waals surface area (Å²) in [7, 11) is 0. The fourth-order valence-corrected chi connectivity index (χ4v) is 3.09. The molecule has 0 radical (unpaired) electrons. The van der Waals surface area contributed by atoms with E-state index in [1.54, 1.807) is 6.08 Å². The number of carboxylic acids is 1. The highest BCUT2D eigenvalue weighted by Crippen LogP contribution is 2.31. The summed E-state index contributed by atoms with van der Waals surface area (Å²) in [6.07, 6.45) is 6.34. The second-order valence-electron chi connectivity index (χ2n) is 6.90. The molecule has 3 aromatic rings. The van der Waals surface area contributed by atoms with Crippen molar-refractivity contribution < 1.29 is 14.6 Å². The highest BCUT2D eigenvalue weighted by molar-refractivity contribution is 5.85. The van der Waals surface area contributed by atoms with E-state index in [9.17, 15) is 9.59 Å². The molecule has 29 heavy (non-hydrogen) atoms. The van der Waals surface area contributed by atoms with Crippen LogP contribution in [0.2, 0.25) is 0 Å². The molecule has 152 valence electrons. The number of aromatic amines is 2. The Labute approximate surface area is 167 Å². The molecule has 8 nitrogen and oxygen atoms in total. The zero-order valence-electron chi connectivity index (χ0n) is 16.4. The van der Waals surface area contributed by atoms with Crippen molar-refractivity contribution in [2.24, 2.45) is 0 Å². The van der Waals surface area contributed by atoms with Gasteiger partial charge in [0.25, 0.3) is 5.56 Å². The topological polar surface area (TPSA) is 121 Å². The Morgan fingerprint density at radius 1 is 1.38 bits per heavy atom. The maximum atomic E-state index is 12.1. The normalized spacial score (nSPS) is 12.5. The number of hydrogen-bond acceptors (Lipinski definition) is 5. The summed E-state index contributed by atoms with van der Waals surface area (Å²) in [5, 5.41) is 15.9. The fourth-order valence-electron chi connectivity index (χ4n) is 3.09. The summed E-state index contributed by atoms with van der Waals surface area (Å²) >= 11 is 0. The van der Waals surface area contributed by atoms with Crippen LogP contribution in [0.25, 0.3) is 17.1 Å². The number of nitrogens with one attached hydrogen (secondary N) is 2. The average Bonchev–Trinajstić information content (AvgIpc) is 3.18. The smallest absolute Gasteiger partial charge is 0.328 e. The first kappa shape index (κ1) is 20.3. The molecule has 1 unspecified atom stereocenters. The zero-order chi connectivity index (χ0) is 20.8. The summed E-state index contributed by atoms with van der Waals surface area (Å²) in [5.74, 6) is 0.506. The van der Waals surface area contributed by atoms with Gasteiger partial charge in [-0.3, -0.25) is 9.89 Å². The van der Waals surface area contributed by atoms with Crippen molar-refractivity contribution in [3.05, 3.63) is 57.8 Å². The Morgan fingerprint density at radius 2 is 2.21 bits per heavy atom. The summed E-state index contributed by atoms with van der Waals surface area (Å²) in [4.78, 5) is 30.1. The first-order chi connectivity index (χ1) is 14.0. The number of fused-ring (bicyclic) bond motifs is 1. The molecule has 0 bridgehead atoms. The second-order valence-corrected chi connectivity index (χ2v) is 6.90. The number of ether oxygens (including phenoxy) is 1. The molecule has 0 aliphatic carbocycles. The maximum absolute atomic E-state index is 12.1. The van der Waals surface area contributed by atoms with Gasteiger partial charge in [0.1, 0.15) is 17.0 Å². The van der Waals surface area contributed by atoms with Crippen LogP contribution in [-0.4, -0.2) is 37.8 Å². The molecule has 0 saturated carbocycles. The summed E-state index contributed by atoms with van der Waals surface area (Å²) in [6, 6.07) is 5.66. The number of H-pyrrole nitrogens is 2. The van der Waals surface area contributed by atoms with E-state index < -0.39 is 5.97 Å². The number of aryl methyl sites for hydroxylation is 1. The zero-order valence-corrected chi connectivity index (χ0v) is 16.4. The molecule has 2 heterocycles. The minimum atomic E-state index is -0.991. The van der Waals surface area contributed by atoms with Crippen molar-refractivity contribution in [3.63, 3.8) is 0 Å². The number of rotatable bonds is 9. The standard InChI is InChI=1S/C21H24N4O4/c1-3-10-29-17-7-5-14(6-9-19(26)27)11-15(17)13(2)4-8-18-23-20-16(12-22-25-20)21(28)24-18/h5-7,9,11-13H,3-4,8,10H2,1-2H3,(H,26,27)(H2,22,23,24,25,28). The molecule has 0 aliphatic heterocycles. The SMILES string of the molecule is CCCOc1ccc(C=CC(=O)O)cc1C(C)CCc1nc2[nH]ncc2c(=O)[nH]1. The van der Waals surface area contributed by atoms with Crippen LogP contribution in [0, 0.1) is 0 Å². The molecule has 0 amide bonds. The number of benzene rings is 1. The minimum absolute atomic E-state index is 0.114. The summed E-state index contributed by atoms with van der Waals surface area (Å²) in [6.45, 7) is 4.72. The van der Waals surface area contributed by atoms with Gasteiger partial charge in [0.15, 0.2) is 5.65 Å². The van der Waals surface area contributed by atoms with Gasteiger partial charge < -0.3 is 14.8 Å². The number of carboxylic acid groups (broad SMARTS) is 1. The lowest BCUT2D eigenvalue weighted by molar-refractivity contribution is -0.131. The van der Waals surface area contributed by atoms with E-state index in [2.05, 4.69) is 27.1 Å². The van der Waals surface area contributed by atoms with E-state index in [1.165, 1.54) is 6.20 Å². The Kier molecular flexibility index (Phi) is 6.43. The fraction of sp³-hybridized carbons (Fsp3) is 0.333. The van der Waals surface area contributed by atoms with E-state index in [-0.39, 0.29) is 11.5 Å². The molecule has 0 fully saturated rings. The molecule has 2 aromatic heterocycles. The number of hydrogen-bond donors (Lipinski definition) is 3. The van der Waals surface area contributed by atoms with Crippen LogP contribution in [0.4, 0.5) is 0 Å². The Hall–Kier alpha value is -3.42. The number of nitrogens with zero attached hydrogens (tertiary/aromatic N) is 2. The van der Waals surface area contributed by atoms with Gasteiger partial charge in [-0.2, -0.15) is 5.10 Å². The van der Waals surface area contributed by atoms with Crippen molar-refractivity contribution in [1.82, 2.24) is 20.2 Å². The largest absolute Gasteiger partial charge is 0.493 e. The highest BCUT2D eigenvalue weighted by Gasteiger charge is 2.14. The predicted molar refractivity (Wildman–Crippen MR) is 110 cm³/mol. The molecule has 3 N–H and O–H groups in total. The van der Waals surface area contributed by atoms with E-state index in [0.717, 1.165) is 35.8 Å². The molecule has 0 spiro atoms. The lowest BCUT2D eigenvalue weighted by atomic mass is 9.93. The molecule has 0 saturated heterocycles. The van der Waals surface area contributed by atoms with Gasteiger partial charge in [0.2, 0.25) is 0 Å². The number of aromatic nitrogens is 4. The van der Waals surface area contributed by atoms with Gasteiger partial charge >= 0.3 is 5.97 Å². The van der Waals surface area contributed by atoms with Crippen LogP contribution in [-0.2, 0) is 11.2 Å². The second kappa shape index (κ2) is 9.18. The van der Waals surface area contributed by atoms with E-state index in [4.69, 9.17) is 9.84 Å². The van der Waals surface area contributed by atoms with Gasteiger partial charge in [0.05, 0.1) is 12.8 Å². The number of carbonyl (C=O) groups is 1. The van der Waals surface area contributed by atoms with Crippen LogP contribution in [0.1, 0.15) is 49.6 Å². The van der Waals surface area contributed by atoms with Crippen molar-refractivity contribution >= 4 is 23.1 Å². The lowest BCUT2D eigenvalue weighted by Crippen LogP contribution is -2.12. The van der Waals surface area contributed by atoms with Gasteiger partial charge in [-0.1, -0.05) is 19.9 Å². The molecule has 1 atom stereocenters. The minimum Gasteiger partial charge on any atom is -0.493 e. The van der Waals surface area contributed by atoms with Crippen LogP contribution in [0.15, 0.2) is 35.3 Å². The maximum Gasteiger partial charge on any atom is 0.328 e. The van der Waals surface area contributed by atoms with Crippen LogP contribution < -0.4 is 10.3 Å². The summed E-state index contributed by atoms with van der Waals surface area (Å²) in [5.41, 5.74) is 2.06. The molecular weight excluding hydrogens is 372 g/mol. The number of aliphatic carboxylic acids is 1. The van der Waals surface area contributed by atoms with E-state index in [1.807, 2.05) is 25.1 Å². The Morgan fingerprint density at radius 3 is 2.97 bits per heavy atom. The molecule has 0 aliphatic rings. The molecule has 3 rings (SSSR count). The third-order valence-electron chi connectivity index (χ3n) is 4.63. The first-order valence-corrected chi connectivity index (χ1v) is 9.58. The molecular formula is C21H24N4O4. The average molecular weight is 396 g/mol. The van der Waals surface area contributed by atoms with Crippen LogP contribution >= 0.6 is 0 Å². The van der Waals surface area contributed by atoms with Gasteiger partial charge in [0, 0.05) is 12.5 Å². The Balaban J connectivity index is 1.80. The van der Waals surface area contributed by atoms with Crippen LogP contribution in [0.3, 0.4) is 0 Å². The van der Waals surface area contributed by atoms with Crippen LogP contribution in [0.5, 0.6) is 5.75 Å². The third-order valence-corrected chi connectivity index (χ3v) is 4.63. The van der Waals surface area contributed by atoms with Crippen molar-refractivity contribution in [2.45, 2.75) is 39.0 Å². The van der Waals surface area contributed by atoms with Crippen molar-refractivity contribution in [3.8, 4) is 5.75 Å². The highest BCUT2D eigenvalue weighted by atomic mass is 16.5. The summed E-state index contributed by atoms with van der Waals surface area (Å²) < 4.78 is 5.88. The first-order valence-electron chi connectivity index (χ1n) is 9.58. The molecule has 1 aromatic carbocycles. The third kappa shape index (κ3) is 5.10. The quantitative estimate of drug-likeness (QED) is 0.477. The molecule has 8 heteroatoms. The monoisotopic (exact) mass is 396 g/mol. The van der Waals surface area contributed by atoms with Crippen molar-refractivity contribution in [1.29, 1.82) is 0 Å². The van der Waals surface area contributed by atoms with E-state index >= 15 is 0 Å². The lowest BCUT2D eigenvalue weighted by Gasteiger charge is -2.17. The van der Waals surface area contributed by atoms with Gasteiger partial charge in [-0.25, -0.2) is 9.78 Å². The Bertz CT molecular complexity index is 1080.